The largest absolute Gasteiger partial charge is 0.356 e. The highest BCUT2D eigenvalue weighted by Gasteiger charge is 2.16. The lowest BCUT2D eigenvalue weighted by Crippen LogP contribution is -2.26. The molecule has 2 aromatic carbocycles. The molecule has 1 amide bonds. The van der Waals surface area contributed by atoms with Crippen molar-refractivity contribution in [2.75, 3.05) is 12.3 Å². The van der Waals surface area contributed by atoms with Crippen molar-refractivity contribution < 1.29 is 17.7 Å². The molecule has 0 unspecified atom stereocenters. The minimum Gasteiger partial charge on any atom is -0.356 e. The molecule has 1 N–H and O–H groups in total. The normalized spacial score (nSPS) is 11.3. The zero-order chi connectivity index (χ0) is 19.8. The van der Waals surface area contributed by atoms with E-state index in [1.807, 2.05) is 30.3 Å². The predicted molar refractivity (Wildman–Crippen MR) is 104 cm³/mol. The lowest BCUT2D eigenvalue weighted by atomic mass is 10.2. The SMILES string of the molecule is O=C(CCS(=O)(=O)c1ccccc1)NCCCc1nc(-c2ccccc2)no1. The van der Waals surface area contributed by atoms with E-state index in [1.165, 1.54) is 12.1 Å². The second kappa shape index (κ2) is 9.27. The summed E-state index contributed by atoms with van der Waals surface area (Å²) in [4.78, 5) is 16.5. The Morgan fingerprint density at radius 1 is 1.00 bits per heavy atom. The molecule has 0 aliphatic carbocycles. The van der Waals surface area contributed by atoms with Crippen LogP contribution in [0.15, 0.2) is 70.1 Å². The quantitative estimate of drug-likeness (QED) is 0.555. The van der Waals surface area contributed by atoms with Gasteiger partial charge in [-0.25, -0.2) is 8.42 Å². The Bertz CT molecular complexity index is 1000. The van der Waals surface area contributed by atoms with Crippen LogP contribution in [0.25, 0.3) is 11.4 Å². The van der Waals surface area contributed by atoms with Crippen LogP contribution < -0.4 is 5.32 Å². The number of carbonyl (C=O) groups excluding carboxylic acids is 1. The van der Waals surface area contributed by atoms with Gasteiger partial charge < -0.3 is 9.84 Å². The molecule has 28 heavy (non-hydrogen) atoms. The Balaban J connectivity index is 1.39. The number of nitrogens with one attached hydrogen (secondary N) is 1. The zero-order valence-corrected chi connectivity index (χ0v) is 16.1. The van der Waals surface area contributed by atoms with E-state index >= 15 is 0 Å². The minimum absolute atomic E-state index is 0.0735. The minimum atomic E-state index is -3.45. The second-order valence-corrected chi connectivity index (χ2v) is 8.32. The van der Waals surface area contributed by atoms with E-state index in [2.05, 4.69) is 15.5 Å². The highest BCUT2D eigenvalue weighted by Crippen LogP contribution is 2.15. The van der Waals surface area contributed by atoms with Gasteiger partial charge in [0.1, 0.15) is 0 Å². The molecule has 1 heterocycles. The summed E-state index contributed by atoms with van der Waals surface area (Å²) < 4.78 is 29.5. The Labute approximate surface area is 163 Å². The number of sulfone groups is 1. The van der Waals surface area contributed by atoms with Gasteiger partial charge in [-0.15, -0.1) is 0 Å². The van der Waals surface area contributed by atoms with Crippen molar-refractivity contribution in [1.29, 1.82) is 0 Å². The molecule has 0 radical (unpaired) electrons. The first kappa shape index (κ1) is 19.8. The molecule has 8 heteroatoms. The van der Waals surface area contributed by atoms with Crippen molar-refractivity contribution >= 4 is 15.7 Å². The summed E-state index contributed by atoms with van der Waals surface area (Å²) in [6.45, 7) is 0.410. The number of hydrogen-bond acceptors (Lipinski definition) is 6. The Kier molecular flexibility index (Phi) is 6.54. The predicted octanol–water partition coefficient (Wildman–Crippen LogP) is 2.65. The lowest BCUT2D eigenvalue weighted by Gasteiger charge is -2.05. The topological polar surface area (TPSA) is 102 Å². The zero-order valence-electron chi connectivity index (χ0n) is 15.2. The number of carbonyl (C=O) groups is 1. The van der Waals surface area contributed by atoms with Crippen LogP contribution in [0, 0.1) is 0 Å². The molecule has 0 aliphatic heterocycles. The molecule has 0 atom stereocenters. The maximum absolute atomic E-state index is 12.2. The Morgan fingerprint density at radius 2 is 1.68 bits per heavy atom. The first-order valence-electron chi connectivity index (χ1n) is 8.97. The monoisotopic (exact) mass is 399 g/mol. The maximum atomic E-state index is 12.2. The third kappa shape index (κ3) is 5.50. The van der Waals surface area contributed by atoms with E-state index in [4.69, 9.17) is 4.52 Å². The Morgan fingerprint density at radius 3 is 2.39 bits per heavy atom. The van der Waals surface area contributed by atoms with E-state index < -0.39 is 9.84 Å². The van der Waals surface area contributed by atoms with Gasteiger partial charge in [-0.2, -0.15) is 4.98 Å². The van der Waals surface area contributed by atoms with Gasteiger partial charge in [0.2, 0.25) is 17.6 Å². The molecule has 0 spiro atoms. The molecule has 0 saturated heterocycles. The molecule has 3 rings (SSSR count). The third-order valence-electron chi connectivity index (χ3n) is 4.09. The van der Waals surface area contributed by atoms with Gasteiger partial charge >= 0.3 is 0 Å². The van der Waals surface area contributed by atoms with Crippen LogP contribution in [0.3, 0.4) is 0 Å². The number of nitrogens with zero attached hydrogens (tertiary/aromatic N) is 2. The number of hydrogen-bond donors (Lipinski definition) is 1. The van der Waals surface area contributed by atoms with Crippen LogP contribution in [-0.2, 0) is 21.1 Å². The number of aromatic nitrogens is 2. The van der Waals surface area contributed by atoms with Gasteiger partial charge in [0.15, 0.2) is 9.84 Å². The summed E-state index contributed by atoms with van der Waals surface area (Å²) in [5, 5.41) is 6.67. The smallest absolute Gasteiger partial charge is 0.227 e. The van der Waals surface area contributed by atoms with Gasteiger partial charge in [-0.05, 0) is 18.6 Å². The highest BCUT2D eigenvalue weighted by atomic mass is 32.2. The van der Waals surface area contributed by atoms with Crippen molar-refractivity contribution in [1.82, 2.24) is 15.5 Å². The molecule has 7 nitrogen and oxygen atoms in total. The van der Waals surface area contributed by atoms with Crippen LogP contribution >= 0.6 is 0 Å². The average Bonchev–Trinajstić information content (AvgIpc) is 3.20. The molecule has 0 bridgehead atoms. The lowest BCUT2D eigenvalue weighted by molar-refractivity contribution is -0.120. The molecule has 0 saturated carbocycles. The summed E-state index contributed by atoms with van der Waals surface area (Å²) in [5.74, 6) is 0.521. The van der Waals surface area contributed by atoms with Crippen molar-refractivity contribution in [2.45, 2.75) is 24.2 Å². The molecule has 1 aromatic heterocycles. The molecule has 146 valence electrons. The van der Waals surface area contributed by atoms with Gasteiger partial charge in [-0.1, -0.05) is 53.7 Å². The highest BCUT2D eigenvalue weighted by molar-refractivity contribution is 7.91. The van der Waals surface area contributed by atoms with Crippen LogP contribution in [0.2, 0.25) is 0 Å². The van der Waals surface area contributed by atoms with Crippen LogP contribution in [0.5, 0.6) is 0 Å². The summed E-state index contributed by atoms with van der Waals surface area (Å²) in [6.07, 6.45) is 1.08. The second-order valence-electron chi connectivity index (χ2n) is 6.21. The van der Waals surface area contributed by atoms with Crippen molar-refractivity contribution in [3.8, 4) is 11.4 Å². The molecule has 0 fully saturated rings. The molecular formula is C20H21N3O4S. The van der Waals surface area contributed by atoms with E-state index in [9.17, 15) is 13.2 Å². The van der Waals surface area contributed by atoms with E-state index in [0.29, 0.717) is 31.1 Å². The summed E-state index contributed by atoms with van der Waals surface area (Å²) >= 11 is 0. The van der Waals surface area contributed by atoms with Crippen LogP contribution in [0.1, 0.15) is 18.7 Å². The van der Waals surface area contributed by atoms with E-state index in [-0.39, 0.29) is 23.0 Å². The van der Waals surface area contributed by atoms with Crippen molar-refractivity contribution in [2.24, 2.45) is 0 Å². The van der Waals surface area contributed by atoms with E-state index in [0.717, 1.165) is 5.56 Å². The first-order valence-corrected chi connectivity index (χ1v) is 10.6. The molecule has 0 aliphatic rings. The summed E-state index contributed by atoms with van der Waals surface area (Å²) in [5.41, 5.74) is 0.880. The van der Waals surface area contributed by atoms with Gasteiger partial charge in [0, 0.05) is 24.9 Å². The van der Waals surface area contributed by atoms with Crippen LogP contribution in [0.4, 0.5) is 0 Å². The van der Waals surface area contributed by atoms with Crippen molar-refractivity contribution in [3.63, 3.8) is 0 Å². The average molecular weight is 399 g/mol. The summed E-state index contributed by atoms with van der Waals surface area (Å²) in [7, 11) is -3.45. The first-order chi connectivity index (χ1) is 13.5. The number of benzene rings is 2. The molecule has 3 aromatic rings. The standard InChI is InChI=1S/C20H21N3O4S/c24-18(13-15-28(25,26)17-10-5-2-6-11-17)21-14-7-12-19-22-20(23-27-19)16-8-3-1-4-9-16/h1-6,8-11H,7,12-15H2,(H,21,24). The van der Waals surface area contributed by atoms with E-state index in [1.54, 1.807) is 18.2 Å². The molecular weight excluding hydrogens is 378 g/mol. The fraction of sp³-hybridized carbons (Fsp3) is 0.250. The van der Waals surface area contributed by atoms with Gasteiger partial charge in [0.05, 0.1) is 10.6 Å². The maximum Gasteiger partial charge on any atom is 0.227 e. The Hall–Kier alpha value is -3.00. The van der Waals surface area contributed by atoms with Gasteiger partial charge in [0.25, 0.3) is 0 Å². The number of amides is 1. The van der Waals surface area contributed by atoms with Crippen LogP contribution in [-0.4, -0.2) is 36.8 Å². The summed E-state index contributed by atoms with van der Waals surface area (Å²) in [6, 6.07) is 17.6. The number of rotatable bonds is 9. The fourth-order valence-corrected chi connectivity index (χ4v) is 3.85. The fourth-order valence-electron chi connectivity index (χ4n) is 2.59. The number of aryl methyl sites for hydroxylation is 1. The van der Waals surface area contributed by atoms with Crippen molar-refractivity contribution in [3.05, 3.63) is 66.6 Å². The third-order valence-corrected chi connectivity index (χ3v) is 5.82. The van der Waals surface area contributed by atoms with Gasteiger partial charge in [-0.3, -0.25) is 4.79 Å².